The maximum atomic E-state index is 13.4. The van der Waals surface area contributed by atoms with E-state index in [9.17, 15) is 4.39 Å². The maximum Gasteiger partial charge on any atom is 0.165 e. The van der Waals surface area contributed by atoms with Gasteiger partial charge in [0.1, 0.15) is 0 Å². The molecule has 2 nitrogen and oxygen atoms in total. The first-order chi connectivity index (χ1) is 8.76. The average Bonchev–Trinajstić information content (AvgIpc) is 2.90. The minimum atomic E-state index is -0.332. The van der Waals surface area contributed by atoms with Crippen LogP contribution in [0.2, 0.25) is 0 Å². The van der Waals surface area contributed by atoms with Gasteiger partial charge in [0.05, 0.1) is 13.2 Å². The highest BCUT2D eigenvalue weighted by atomic mass is 32.1. The van der Waals surface area contributed by atoms with Crippen molar-refractivity contribution >= 4 is 11.3 Å². The number of ether oxygens (including phenoxy) is 1. The highest BCUT2D eigenvalue weighted by Crippen LogP contribution is 2.28. The molecule has 1 heterocycles. The molecule has 18 heavy (non-hydrogen) atoms. The fourth-order valence-corrected chi connectivity index (χ4v) is 2.61. The predicted octanol–water partition coefficient (Wildman–Crippen LogP) is 3.59. The van der Waals surface area contributed by atoms with Crippen molar-refractivity contribution in [2.75, 3.05) is 13.7 Å². The molecule has 1 atom stereocenters. The lowest BCUT2D eigenvalue weighted by Crippen LogP contribution is -2.21. The number of hydrogen-bond acceptors (Lipinski definition) is 3. The Morgan fingerprint density at radius 1 is 1.33 bits per heavy atom. The van der Waals surface area contributed by atoms with Crippen LogP contribution in [0.25, 0.3) is 0 Å². The Hall–Kier alpha value is -1.39. The lowest BCUT2D eigenvalue weighted by Gasteiger charge is -2.18. The third-order valence-corrected chi connectivity index (χ3v) is 3.49. The van der Waals surface area contributed by atoms with Crippen molar-refractivity contribution in [3.8, 4) is 5.75 Å². The van der Waals surface area contributed by atoms with Crippen LogP contribution in [0.1, 0.15) is 24.1 Å². The van der Waals surface area contributed by atoms with Gasteiger partial charge in [-0.05, 0) is 46.6 Å². The second-order valence-electron chi connectivity index (χ2n) is 3.94. The maximum absolute atomic E-state index is 13.4. The summed E-state index contributed by atoms with van der Waals surface area (Å²) in [5.41, 5.74) is 2.20. The van der Waals surface area contributed by atoms with Crippen molar-refractivity contribution < 1.29 is 9.13 Å². The van der Waals surface area contributed by atoms with Gasteiger partial charge in [0.2, 0.25) is 0 Å². The summed E-state index contributed by atoms with van der Waals surface area (Å²) in [5.74, 6) is -0.0487. The quantitative estimate of drug-likeness (QED) is 0.892. The number of methoxy groups -OCH3 is 1. The summed E-state index contributed by atoms with van der Waals surface area (Å²) in [7, 11) is 1.48. The van der Waals surface area contributed by atoms with E-state index in [4.69, 9.17) is 4.74 Å². The number of thiophene rings is 1. The van der Waals surface area contributed by atoms with Gasteiger partial charge in [0, 0.05) is 0 Å². The summed E-state index contributed by atoms with van der Waals surface area (Å²) in [5, 5.41) is 7.54. The lowest BCUT2D eigenvalue weighted by molar-refractivity contribution is 0.385. The van der Waals surface area contributed by atoms with Crippen LogP contribution in [0.4, 0.5) is 4.39 Å². The van der Waals surface area contributed by atoms with Gasteiger partial charge < -0.3 is 10.1 Å². The number of hydrogen-bond donors (Lipinski definition) is 1. The van der Waals surface area contributed by atoms with E-state index in [0.717, 1.165) is 12.1 Å². The molecule has 4 heteroatoms. The van der Waals surface area contributed by atoms with E-state index in [1.54, 1.807) is 23.5 Å². The predicted molar refractivity (Wildman–Crippen MR) is 72.8 cm³/mol. The topological polar surface area (TPSA) is 21.3 Å². The highest BCUT2D eigenvalue weighted by Gasteiger charge is 2.15. The van der Waals surface area contributed by atoms with E-state index in [2.05, 4.69) is 23.7 Å². The standard InChI is InChI=1S/C14H16FNOS/c1-3-16-14(11-6-7-18-9-11)10-4-5-12(15)13(8-10)17-2/h4-9,14,16H,3H2,1-2H3. The largest absolute Gasteiger partial charge is 0.494 e. The Labute approximate surface area is 110 Å². The molecule has 0 saturated carbocycles. The SMILES string of the molecule is CCNC(c1ccsc1)c1ccc(F)c(OC)c1. The summed E-state index contributed by atoms with van der Waals surface area (Å²) >= 11 is 1.66. The average molecular weight is 265 g/mol. The summed E-state index contributed by atoms with van der Waals surface area (Å²) < 4.78 is 18.4. The van der Waals surface area contributed by atoms with Gasteiger partial charge >= 0.3 is 0 Å². The van der Waals surface area contributed by atoms with Crippen LogP contribution in [-0.4, -0.2) is 13.7 Å². The molecule has 0 amide bonds. The van der Waals surface area contributed by atoms with Crippen molar-refractivity contribution in [3.05, 3.63) is 52.0 Å². The Morgan fingerprint density at radius 3 is 2.78 bits per heavy atom. The third-order valence-electron chi connectivity index (χ3n) is 2.79. The fourth-order valence-electron chi connectivity index (χ4n) is 1.93. The summed E-state index contributed by atoms with van der Waals surface area (Å²) in [6.07, 6.45) is 0. The first-order valence-electron chi connectivity index (χ1n) is 5.85. The molecular formula is C14H16FNOS. The van der Waals surface area contributed by atoms with Crippen LogP contribution in [0.15, 0.2) is 35.0 Å². The molecule has 0 saturated heterocycles. The molecule has 1 aromatic carbocycles. The molecule has 0 aliphatic rings. The van der Waals surface area contributed by atoms with Crippen molar-refractivity contribution in [1.82, 2.24) is 5.32 Å². The first kappa shape index (κ1) is 13.1. The zero-order valence-electron chi connectivity index (χ0n) is 10.4. The van der Waals surface area contributed by atoms with E-state index < -0.39 is 0 Å². The molecule has 2 aromatic rings. The molecule has 0 spiro atoms. The Morgan fingerprint density at radius 2 is 2.17 bits per heavy atom. The number of rotatable bonds is 5. The molecule has 0 radical (unpaired) electrons. The zero-order valence-corrected chi connectivity index (χ0v) is 11.3. The molecule has 0 aliphatic carbocycles. The van der Waals surface area contributed by atoms with Crippen molar-refractivity contribution in [1.29, 1.82) is 0 Å². The number of halogens is 1. The monoisotopic (exact) mass is 265 g/mol. The molecule has 1 unspecified atom stereocenters. The molecule has 1 aromatic heterocycles. The van der Waals surface area contributed by atoms with Crippen LogP contribution < -0.4 is 10.1 Å². The van der Waals surface area contributed by atoms with E-state index in [0.29, 0.717) is 0 Å². The van der Waals surface area contributed by atoms with Gasteiger partial charge in [-0.15, -0.1) is 0 Å². The van der Waals surface area contributed by atoms with Crippen LogP contribution in [0.3, 0.4) is 0 Å². The van der Waals surface area contributed by atoms with Gasteiger partial charge in [-0.2, -0.15) is 11.3 Å². The van der Waals surface area contributed by atoms with Crippen molar-refractivity contribution in [2.45, 2.75) is 13.0 Å². The third kappa shape index (κ3) is 2.71. The molecule has 2 rings (SSSR count). The first-order valence-corrected chi connectivity index (χ1v) is 6.79. The summed E-state index contributed by atoms with van der Waals surface area (Å²) in [4.78, 5) is 0. The molecule has 0 aliphatic heterocycles. The van der Waals surface area contributed by atoms with E-state index in [1.807, 2.05) is 5.38 Å². The Bertz CT molecular complexity index is 499. The second kappa shape index (κ2) is 5.98. The highest BCUT2D eigenvalue weighted by molar-refractivity contribution is 7.08. The van der Waals surface area contributed by atoms with Crippen LogP contribution in [-0.2, 0) is 0 Å². The van der Waals surface area contributed by atoms with Gasteiger partial charge in [-0.25, -0.2) is 4.39 Å². The van der Waals surface area contributed by atoms with Gasteiger partial charge in [-0.1, -0.05) is 13.0 Å². The van der Waals surface area contributed by atoms with E-state index in [1.165, 1.54) is 18.7 Å². The smallest absolute Gasteiger partial charge is 0.165 e. The van der Waals surface area contributed by atoms with E-state index >= 15 is 0 Å². The normalized spacial score (nSPS) is 12.4. The van der Waals surface area contributed by atoms with Gasteiger partial charge in [0.25, 0.3) is 0 Å². The van der Waals surface area contributed by atoms with Crippen LogP contribution in [0, 0.1) is 5.82 Å². The fraction of sp³-hybridized carbons (Fsp3) is 0.286. The van der Waals surface area contributed by atoms with Gasteiger partial charge in [0.15, 0.2) is 11.6 Å². The van der Waals surface area contributed by atoms with Crippen LogP contribution in [0.5, 0.6) is 5.75 Å². The number of benzene rings is 1. The van der Waals surface area contributed by atoms with E-state index in [-0.39, 0.29) is 17.6 Å². The molecule has 0 fully saturated rings. The molecule has 0 bridgehead atoms. The minimum absolute atomic E-state index is 0.0794. The molecular weight excluding hydrogens is 249 g/mol. The van der Waals surface area contributed by atoms with Crippen LogP contribution >= 0.6 is 11.3 Å². The Balaban J connectivity index is 2.36. The summed E-state index contributed by atoms with van der Waals surface area (Å²) in [6, 6.07) is 7.15. The minimum Gasteiger partial charge on any atom is -0.494 e. The second-order valence-corrected chi connectivity index (χ2v) is 4.72. The lowest BCUT2D eigenvalue weighted by atomic mass is 10.0. The number of nitrogens with one attached hydrogen (secondary N) is 1. The molecule has 96 valence electrons. The van der Waals surface area contributed by atoms with Crippen molar-refractivity contribution in [2.24, 2.45) is 0 Å². The summed E-state index contributed by atoms with van der Waals surface area (Å²) in [6.45, 7) is 2.90. The Kier molecular flexibility index (Phi) is 4.33. The molecule has 1 N–H and O–H groups in total. The van der Waals surface area contributed by atoms with Crippen molar-refractivity contribution in [3.63, 3.8) is 0 Å². The van der Waals surface area contributed by atoms with Gasteiger partial charge in [-0.3, -0.25) is 0 Å². The zero-order chi connectivity index (χ0) is 13.0.